The Labute approximate surface area is 114 Å². The fourth-order valence-corrected chi connectivity index (χ4v) is 4.29. The average molecular weight is 269 g/mol. The summed E-state index contributed by atoms with van der Waals surface area (Å²) < 4.78 is 5.30. The van der Waals surface area contributed by atoms with E-state index in [-0.39, 0.29) is 6.61 Å². The molecule has 3 nitrogen and oxygen atoms in total. The van der Waals surface area contributed by atoms with Crippen LogP contribution in [0, 0.1) is 17.8 Å². The highest BCUT2D eigenvalue weighted by Gasteiger charge is 2.30. The molecule has 0 bridgehead atoms. The molecule has 2 aliphatic rings. The number of hydrogen-bond acceptors (Lipinski definition) is 4. The lowest BCUT2D eigenvalue weighted by Crippen LogP contribution is -2.37. The number of thioether (sulfide) groups is 1. The van der Waals surface area contributed by atoms with Crippen molar-refractivity contribution in [3.63, 3.8) is 0 Å². The zero-order chi connectivity index (χ0) is 12.8. The van der Waals surface area contributed by atoms with Gasteiger partial charge in [-0.3, -0.25) is 4.90 Å². The van der Waals surface area contributed by atoms with Crippen molar-refractivity contribution in [1.82, 2.24) is 4.90 Å². The number of nitrogens with zero attached hydrogens (tertiary/aromatic N) is 1. The molecule has 2 aliphatic heterocycles. The van der Waals surface area contributed by atoms with Gasteiger partial charge in [-0.1, -0.05) is 11.8 Å². The third-order valence-electron chi connectivity index (χ3n) is 3.76. The molecule has 2 heterocycles. The van der Waals surface area contributed by atoms with E-state index in [0.29, 0.717) is 17.2 Å². The fourth-order valence-electron chi connectivity index (χ4n) is 2.90. The van der Waals surface area contributed by atoms with Crippen molar-refractivity contribution in [3.8, 4) is 11.8 Å². The molecule has 3 atom stereocenters. The van der Waals surface area contributed by atoms with Crippen molar-refractivity contribution in [2.24, 2.45) is 5.92 Å². The maximum Gasteiger partial charge on any atom is 0.104 e. The van der Waals surface area contributed by atoms with Crippen LogP contribution in [-0.2, 0) is 4.74 Å². The summed E-state index contributed by atoms with van der Waals surface area (Å²) in [6.45, 7) is 3.26. The van der Waals surface area contributed by atoms with Gasteiger partial charge >= 0.3 is 0 Å². The predicted octanol–water partition coefficient (Wildman–Crippen LogP) is 1.21. The van der Waals surface area contributed by atoms with Crippen molar-refractivity contribution < 1.29 is 9.84 Å². The van der Waals surface area contributed by atoms with Gasteiger partial charge in [0.15, 0.2) is 0 Å². The fraction of sp³-hybridized carbons (Fsp3) is 0.857. The highest BCUT2D eigenvalue weighted by atomic mass is 32.2. The predicted molar refractivity (Wildman–Crippen MR) is 75.7 cm³/mol. The minimum Gasteiger partial charge on any atom is -0.384 e. The lowest BCUT2D eigenvalue weighted by molar-refractivity contribution is 0.115. The highest BCUT2D eigenvalue weighted by molar-refractivity contribution is 8.00. The Morgan fingerprint density at radius 2 is 2.39 bits per heavy atom. The quantitative estimate of drug-likeness (QED) is 0.778. The van der Waals surface area contributed by atoms with E-state index in [0.717, 1.165) is 12.4 Å². The second-order valence-electron chi connectivity index (χ2n) is 5.11. The number of ether oxygens (including phenoxy) is 1. The van der Waals surface area contributed by atoms with Gasteiger partial charge in [0.2, 0.25) is 0 Å². The number of rotatable bonds is 4. The molecular weight excluding hydrogens is 246 g/mol. The summed E-state index contributed by atoms with van der Waals surface area (Å²) in [5.74, 6) is 7.56. The topological polar surface area (TPSA) is 32.7 Å². The standard InChI is InChI=1S/C14H23NO2S/c1-17-10-13-5-2-6-15(13)9-14-8-12(11-18-14)4-3-7-16/h12-14,16H,2,5-11H2,1H3/t12?,13-,14?/m0/s1. The maximum atomic E-state index is 8.71. The van der Waals surface area contributed by atoms with Gasteiger partial charge in [0.25, 0.3) is 0 Å². The number of methoxy groups -OCH3 is 1. The first-order valence-electron chi connectivity index (χ1n) is 6.77. The molecule has 0 aliphatic carbocycles. The van der Waals surface area contributed by atoms with E-state index in [1.165, 1.54) is 32.4 Å². The van der Waals surface area contributed by atoms with Crippen LogP contribution in [0.3, 0.4) is 0 Å². The zero-order valence-corrected chi connectivity index (χ0v) is 11.9. The van der Waals surface area contributed by atoms with Gasteiger partial charge < -0.3 is 9.84 Å². The summed E-state index contributed by atoms with van der Waals surface area (Å²) in [5.41, 5.74) is 0. The van der Waals surface area contributed by atoms with Crippen LogP contribution in [0.4, 0.5) is 0 Å². The van der Waals surface area contributed by atoms with Gasteiger partial charge in [0.05, 0.1) is 6.61 Å². The molecule has 0 aromatic heterocycles. The molecule has 102 valence electrons. The van der Waals surface area contributed by atoms with Gasteiger partial charge in [-0.25, -0.2) is 0 Å². The third kappa shape index (κ3) is 3.89. The summed E-state index contributed by atoms with van der Waals surface area (Å²) in [5, 5.41) is 9.42. The minimum atomic E-state index is -0.00608. The minimum absolute atomic E-state index is 0.00608. The zero-order valence-electron chi connectivity index (χ0n) is 11.1. The van der Waals surface area contributed by atoms with E-state index < -0.39 is 0 Å². The second-order valence-corrected chi connectivity index (χ2v) is 6.45. The van der Waals surface area contributed by atoms with Crippen LogP contribution in [-0.4, -0.2) is 60.5 Å². The van der Waals surface area contributed by atoms with Crippen LogP contribution >= 0.6 is 11.8 Å². The van der Waals surface area contributed by atoms with Crippen molar-refractivity contribution >= 4 is 11.8 Å². The van der Waals surface area contributed by atoms with Crippen LogP contribution < -0.4 is 0 Å². The Morgan fingerprint density at radius 1 is 1.50 bits per heavy atom. The molecule has 2 rings (SSSR count). The van der Waals surface area contributed by atoms with Gasteiger partial charge in [0, 0.05) is 36.6 Å². The first kappa shape index (κ1) is 14.2. The SMILES string of the molecule is COC[C@@H]1CCCN1CC1CC(C#CCO)CS1. The van der Waals surface area contributed by atoms with Crippen LogP contribution in [0.2, 0.25) is 0 Å². The molecule has 0 aromatic carbocycles. The number of hydrogen-bond donors (Lipinski definition) is 1. The van der Waals surface area contributed by atoms with Crippen molar-refractivity contribution in [2.75, 3.05) is 39.2 Å². The normalized spacial score (nSPS) is 32.4. The molecule has 2 fully saturated rings. The molecule has 4 heteroatoms. The first-order chi connectivity index (χ1) is 8.83. The third-order valence-corrected chi connectivity index (χ3v) is 5.17. The average Bonchev–Trinajstić information content (AvgIpc) is 2.98. The lowest BCUT2D eigenvalue weighted by Gasteiger charge is -2.26. The number of likely N-dealkylation sites (tertiary alicyclic amines) is 1. The summed E-state index contributed by atoms with van der Waals surface area (Å²) in [6.07, 6.45) is 3.76. The number of aliphatic hydroxyl groups is 1. The Bertz CT molecular complexity index is 313. The highest BCUT2D eigenvalue weighted by Crippen LogP contribution is 2.33. The van der Waals surface area contributed by atoms with E-state index in [1.807, 2.05) is 11.8 Å². The molecule has 1 N–H and O–H groups in total. The van der Waals surface area contributed by atoms with Crippen molar-refractivity contribution in [2.45, 2.75) is 30.6 Å². The molecule has 18 heavy (non-hydrogen) atoms. The van der Waals surface area contributed by atoms with E-state index in [1.54, 1.807) is 7.11 Å². The Hall–Kier alpha value is -0.210. The van der Waals surface area contributed by atoms with Crippen LogP contribution in [0.5, 0.6) is 0 Å². The number of aliphatic hydroxyl groups excluding tert-OH is 1. The van der Waals surface area contributed by atoms with Crippen molar-refractivity contribution in [1.29, 1.82) is 0 Å². The van der Waals surface area contributed by atoms with Crippen LogP contribution in [0.1, 0.15) is 19.3 Å². The molecule has 2 unspecified atom stereocenters. The summed E-state index contributed by atoms with van der Waals surface area (Å²) in [6, 6.07) is 0.623. The smallest absolute Gasteiger partial charge is 0.104 e. The summed E-state index contributed by atoms with van der Waals surface area (Å²) in [7, 11) is 1.79. The van der Waals surface area contributed by atoms with E-state index >= 15 is 0 Å². The van der Waals surface area contributed by atoms with Gasteiger partial charge in [-0.15, -0.1) is 0 Å². The Morgan fingerprint density at radius 3 is 3.17 bits per heavy atom. The summed E-state index contributed by atoms with van der Waals surface area (Å²) in [4.78, 5) is 2.59. The molecule has 0 amide bonds. The van der Waals surface area contributed by atoms with Gasteiger partial charge in [-0.2, -0.15) is 11.8 Å². The van der Waals surface area contributed by atoms with E-state index in [2.05, 4.69) is 16.7 Å². The van der Waals surface area contributed by atoms with Crippen molar-refractivity contribution in [3.05, 3.63) is 0 Å². The van der Waals surface area contributed by atoms with Crippen LogP contribution in [0.25, 0.3) is 0 Å². The van der Waals surface area contributed by atoms with Gasteiger partial charge in [-0.05, 0) is 25.8 Å². The molecule has 2 saturated heterocycles. The molecule has 0 spiro atoms. The van der Waals surface area contributed by atoms with E-state index in [9.17, 15) is 0 Å². The molecular formula is C14H23NO2S. The Kier molecular flexibility index (Phi) is 5.84. The maximum absolute atomic E-state index is 8.71. The molecule has 0 radical (unpaired) electrons. The monoisotopic (exact) mass is 269 g/mol. The van der Waals surface area contributed by atoms with E-state index in [4.69, 9.17) is 9.84 Å². The largest absolute Gasteiger partial charge is 0.384 e. The summed E-state index contributed by atoms with van der Waals surface area (Å²) >= 11 is 2.04. The van der Waals surface area contributed by atoms with Crippen LogP contribution in [0.15, 0.2) is 0 Å². The first-order valence-corrected chi connectivity index (χ1v) is 7.82. The lowest BCUT2D eigenvalue weighted by atomic mass is 10.1. The second kappa shape index (κ2) is 7.40. The van der Waals surface area contributed by atoms with Gasteiger partial charge in [0.1, 0.15) is 6.61 Å². The molecule has 0 aromatic rings. The Balaban J connectivity index is 1.77. The molecule has 0 saturated carbocycles.